The van der Waals surface area contributed by atoms with Gasteiger partial charge in [0.15, 0.2) is 24.1 Å². The van der Waals surface area contributed by atoms with Crippen molar-refractivity contribution in [3.63, 3.8) is 0 Å². The van der Waals surface area contributed by atoms with E-state index >= 15 is 0 Å². The number of benzene rings is 2. The van der Waals surface area contributed by atoms with E-state index in [1.165, 1.54) is 44.6 Å². The van der Waals surface area contributed by atoms with Crippen LogP contribution in [-0.2, 0) is 6.42 Å². The number of hydrogen-bond acceptors (Lipinski definition) is 1. The van der Waals surface area contributed by atoms with Crippen LogP contribution in [0.2, 0.25) is 19.6 Å². The molecular weight excluding hydrogens is 551 g/mol. The van der Waals surface area contributed by atoms with Crippen molar-refractivity contribution in [2.75, 3.05) is 0 Å². The summed E-state index contributed by atoms with van der Waals surface area (Å²) in [5, 5.41) is 1.58. The maximum Gasteiger partial charge on any atom is 0.220 e. The molecule has 5 aromatic rings. The summed E-state index contributed by atoms with van der Waals surface area (Å²) < 4.78 is 4.99. The Hall–Kier alpha value is -4.15. The Kier molecular flexibility index (Phi) is 7.21. The third-order valence-corrected chi connectivity index (χ3v) is 11.8. The zero-order valence-electron chi connectivity index (χ0n) is 26.7. The summed E-state index contributed by atoms with van der Waals surface area (Å²) in [5.74, 6) is 0.865. The zero-order valence-corrected chi connectivity index (χ0v) is 27.7. The highest BCUT2D eigenvalue weighted by Gasteiger charge is 2.44. The molecule has 0 amide bonds. The minimum atomic E-state index is -1.60. The lowest BCUT2D eigenvalue weighted by molar-refractivity contribution is -0.719. The monoisotopic (exact) mass is 593 g/mol. The Labute approximate surface area is 263 Å². The second-order valence-corrected chi connectivity index (χ2v) is 19.0. The van der Waals surface area contributed by atoms with E-state index in [1.807, 2.05) is 6.20 Å². The van der Waals surface area contributed by atoms with E-state index in [1.54, 1.807) is 5.19 Å². The molecule has 0 aliphatic carbocycles. The maximum absolute atomic E-state index is 4.78. The van der Waals surface area contributed by atoms with Crippen LogP contribution in [0.5, 0.6) is 0 Å². The van der Waals surface area contributed by atoms with Gasteiger partial charge >= 0.3 is 0 Å². The molecule has 3 nitrogen and oxygen atoms in total. The van der Waals surface area contributed by atoms with Crippen LogP contribution in [0.15, 0.2) is 110 Å². The molecule has 0 N–H and O–H groups in total. The highest BCUT2D eigenvalue weighted by molar-refractivity contribution is 6.89. The van der Waals surface area contributed by atoms with E-state index in [9.17, 15) is 0 Å². The molecule has 2 unspecified atom stereocenters. The number of allylic oxidation sites excluding steroid dienone is 1. The summed E-state index contributed by atoms with van der Waals surface area (Å²) in [6.07, 6.45) is 11.7. The zero-order chi connectivity index (χ0) is 30.6. The second-order valence-electron chi connectivity index (χ2n) is 14.0. The van der Waals surface area contributed by atoms with Crippen LogP contribution in [-0.4, -0.2) is 13.1 Å². The lowest BCUT2D eigenvalue weighted by atomic mass is 9.77. The lowest BCUT2D eigenvalue weighted by Crippen LogP contribution is -2.54. The molecule has 4 heteroatoms. The predicted octanol–water partition coefficient (Wildman–Crippen LogP) is 8.47. The van der Waals surface area contributed by atoms with E-state index in [4.69, 9.17) is 6.58 Å². The molecule has 0 radical (unpaired) electrons. The number of hydrogen-bond donors (Lipinski definition) is 0. The molecule has 3 aromatic heterocycles. The summed E-state index contributed by atoms with van der Waals surface area (Å²) in [6.45, 7) is 16.9. The first kappa shape index (κ1) is 28.6. The summed E-state index contributed by atoms with van der Waals surface area (Å²) in [7, 11) is -1.60. The van der Waals surface area contributed by atoms with Crippen LogP contribution >= 0.6 is 0 Å². The van der Waals surface area contributed by atoms with Gasteiger partial charge in [0.05, 0.1) is 20.1 Å². The van der Waals surface area contributed by atoms with Crippen LogP contribution in [0.1, 0.15) is 61.3 Å². The SMILES string of the molecule is C=C1CC2C(CCc3ccncc3-c3cc(-c4ccccc4)cc[n+]31)c1ccccc1-c1cc(C(C)C)c([Si](C)(C)C)c[n+]12. The van der Waals surface area contributed by atoms with Gasteiger partial charge in [-0.2, -0.15) is 9.13 Å². The number of rotatable bonds is 3. The van der Waals surface area contributed by atoms with Crippen molar-refractivity contribution in [1.29, 1.82) is 0 Å². The van der Waals surface area contributed by atoms with Gasteiger partial charge in [-0.05, 0) is 65.3 Å². The van der Waals surface area contributed by atoms with Crippen LogP contribution in [0.4, 0.5) is 0 Å². The van der Waals surface area contributed by atoms with Gasteiger partial charge < -0.3 is 0 Å². The molecule has 5 heterocycles. The molecule has 2 atom stereocenters. The summed E-state index contributed by atoms with van der Waals surface area (Å²) in [5.41, 5.74) is 13.0. The first-order chi connectivity index (χ1) is 21.2. The van der Waals surface area contributed by atoms with Gasteiger partial charge in [-0.25, -0.2) is 0 Å². The molecular formula is C40H43N3Si+2. The van der Waals surface area contributed by atoms with E-state index in [0.29, 0.717) is 11.8 Å². The molecule has 0 saturated carbocycles. The number of aryl methyl sites for hydroxylation is 1. The van der Waals surface area contributed by atoms with Gasteiger partial charge in [0, 0.05) is 47.3 Å². The van der Waals surface area contributed by atoms with Gasteiger partial charge in [0.2, 0.25) is 11.4 Å². The fourth-order valence-electron chi connectivity index (χ4n) is 7.54. The Morgan fingerprint density at radius 1 is 0.864 bits per heavy atom. The largest absolute Gasteiger partial charge is 0.264 e. The fraction of sp³-hybridized carbons (Fsp3) is 0.275. The van der Waals surface area contributed by atoms with Crippen molar-refractivity contribution in [3.8, 4) is 33.6 Å². The predicted molar refractivity (Wildman–Crippen MR) is 184 cm³/mol. The molecule has 0 spiro atoms. The van der Waals surface area contributed by atoms with Crippen LogP contribution in [0, 0.1) is 0 Å². The summed E-state index contributed by atoms with van der Waals surface area (Å²) in [6, 6.07) is 29.4. The first-order valence-corrected chi connectivity index (χ1v) is 19.6. The van der Waals surface area contributed by atoms with Gasteiger partial charge in [-0.1, -0.05) is 82.0 Å². The number of pyridine rings is 3. The van der Waals surface area contributed by atoms with Crippen molar-refractivity contribution in [2.24, 2.45) is 0 Å². The van der Waals surface area contributed by atoms with Crippen molar-refractivity contribution < 1.29 is 9.13 Å². The van der Waals surface area contributed by atoms with Crippen LogP contribution < -0.4 is 14.3 Å². The van der Waals surface area contributed by atoms with Crippen molar-refractivity contribution >= 4 is 19.0 Å². The van der Waals surface area contributed by atoms with Crippen molar-refractivity contribution in [3.05, 3.63) is 127 Å². The average Bonchev–Trinajstić information content (AvgIpc) is 3.03. The summed E-state index contributed by atoms with van der Waals surface area (Å²) in [4.78, 5) is 4.61. The fourth-order valence-corrected chi connectivity index (χ4v) is 9.29. The number of fused-ring (bicyclic) bond motifs is 9. The Bertz CT molecular complexity index is 1880. The molecule has 0 saturated heterocycles. The molecule has 7 rings (SSSR count). The second kappa shape index (κ2) is 11.1. The van der Waals surface area contributed by atoms with Crippen LogP contribution in [0.3, 0.4) is 0 Å². The Balaban J connectivity index is 1.44. The minimum absolute atomic E-state index is 0.279. The topological polar surface area (TPSA) is 20.6 Å². The van der Waals surface area contributed by atoms with E-state index in [-0.39, 0.29) is 6.04 Å². The normalized spacial score (nSPS) is 17.6. The molecule has 0 fully saturated rings. The molecule has 2 aromatic carbocycles. The van der Waals surface area contributed by atoms with Gasteiger partial charge in [0.25, 0.3) is 0 Å². The first-order valence-electron chi connectivity index (χ1n) is 16.1. The third-order valence-electron chi connectivity index (χ3n) is 9.80. The van der Waals surface area contributed by atoms with E-state index in [2.05, 4.69) is 145 Å². The van der Waals surface area contributed by atoms with Gasteiger partial charge in [0.1, 0.15) is 0 Å². The molecule has 0 bridgehead atoms. The van der Waals surface area contributed by atoms with Crippen LogP contribution in [0.25, 0.3) is 39.3 Å². The van der Waals surface area contributed by atoms with Gasteiger partial charge in [-0.3, -0.25) is 4.98 Å². The quantitative estimate of drug-likeness (QED) is 0.152. The minimum Gasteiger partial charge on any atom is -0.264 e. The Morgan fingerprint density at radius 3 is 2.41 bits per heavy atom. The molecule has 2 aliphatic heterocycles. The average molecular weight is 594 g/mol. The number of nitrogens with zero attached hydrogens (tertiary/aromatic N) is 3. The standard InChI is InChI=1S/C40H43N3Si/c1-27(2)35-24-39-33-15-11-10-14-32(33)34-17-16-30-18-20-41-25-36(30)38-23-31(29-12-8-7-9-13-29)19-21-42(38)28(3)22-37(34)43(39)26-40(35)44(4,5)6/h7-15,18-21,23-27,34,37H,3,16-17,22H2,1-2,4-6H3/q+2. The number of aromatic nitrogens is 3. The molecule has 220 valence electrons. The molecule has 2 aliphatic rings. The van der Waals surface area contributed by atoms with Crippen molar-refractivity contribution in [1.82, 2.24) is 4.98 Å². The highest BCUT2D eigenvalue weighted by atomic mass is 28.3. The highest BCUT2D eigenvalue weighted by Crippen LogP contribution is 2.44. The smallest absolute Gasteiger partial charge is 0.220 e. The van der Waals surface area contributed by atoms with E-state index < -0.39 is 8.07 Å². The third kappa shape index (κ3) is 4.95. The van der Waals surface area contributed by atoms with Gasteiger partial charge in [-0.15, -0.1) is 0 Å². The Morgan fingerprint density at radius 2 is 1.64 bits per heavy atom. The van der Waals surface area contributed by atoms with Crippen molar-refractivity contribution in [2.45, 2.75) is 70.6 Å². The lowest BCUT2D eigenvalue weighted by Gasteiger charge is -2.33. The summed E-state index contributed by atoms with van der Waals surface area (Å²) >= 11 is 0. The molecule has 44 heavy (non-hydrogen) atoms. The van der Waals surface area contributed by atoms with E-state index in [0.717, 1.165) is 30.7 Å². The maximum atomic E-state index is 4.78.